The minimum Gasteiger partial charge on any atom is -0.346 e. The lowest BCUT2D eigenvalue weighted by atomic mass is 9.84. The Hall–Kier alpha value is -2.32. The maximum atomic E-state index is 14.2. The molecular weight excluding hydrogens is 561 g/mol. The Bertz CT molecular complexity index is 1210. The number of nitrogens with one attached hydrogen (secondary N) is 1. The van der Waals surface area contributed by atoms with Crippen LogP contribution in [-0.4, -0.2) is 39.0 Å². The second-order valence-electron chi connectivity index (χ2n) is 7.56. The molecule has 0 aromatic heterocycles. The average Bonchev–Trinajstić information content (AvgIpc) is 2.73. The third-order valence-corrected chi connectivity index (χ3v) is 6.95. The van der Waals surface area contributed by atoms with Crippen molar-refractivity contribution in [3.05, 3.63) is 70.2 Å². The molecular formula is C21H18Cl2F6N2O4S. The highest BCUT2D eigenvalue weighted by Crippen LogP contribution is 2.48. The predicted molar refractivity (Wildman–Crippen MR) is 121 cm³/mol. The molecule has 0 aliphatic heterocycles. The zero-order chi connectivity index (χ0) is 27.5. The Balaban J connectivity index is 2.30. The van der Waals surface area contributed by atoms with Gasteiger partial charge in [-0.1, -0.05) is 41.9 Å². The quantitative estimate of drug-likeness (QED) is 0.315. The van der Waals surface area contributed by atoms with E-state index in [1.54, 1.807) is 0 Å². The highest BCUT2D eigenvalue weighted by Gasteiger charge is 2.58. The molecule has 15 heteroatoms. The van der Waals surface area contributed by atoms with Crippen molar-refractivity contribution in [2.24, 2.45) is 5.90 Å². The van der Waals surface area contributed by atoms with E-state index in [1.807, 2.05) is 0 Å². The van der Waals surface area contributed by atoms with Crippen LogP contribution in [0.1, 0.15) is 17.5 Å². The van der Waals surface area contributed by atoms with E-state index < -0.39 is 62.9 Å². The molecule has 6 nitrogen and oxygen atoms in total. The maximum Gasteiger partial charge on any atom is 0.424 e. The first-order valence-corrected chi connectivity index (χ1v) is 12.1. The number of hydrogen-bond acceptors (Lipinski definition) is 5. The van der Waals surface area contributed by atoms with Gasteiger partial charge in [-0.2, -0.15) is 26.3 Å². The number of carbonyl (C=O) groups excluding carboxylic acids is 1. The summed E-state index contributed by atoms with van der Waals surface area (Å²) in [5.74, 6) is 2.45. The summed E-state index contributed by atoms with van der Waals surface area (Å²) in [5, 5.41) is 1.22. The fourth-order valence-electron chi connectivity index (χ4n) is 3.14. The zero-order valence-corrected chi connectivity index (χ0v) is 20.3. The van der Waals surface area contributed by atoms with E-state index in [1.165, 1.54) is 11.4 Å². The smallest absolute Gasteiger partial charge is 0.346 e. The number of halogens is 8. The first kappa shape index (κ1) is 29.9. The van der Waals surface area contributed by atoms with Crippen LogP contribution in [0.4, 0.5) is 26.3 Å². The van der Waals surface area contributed by atoms with Crippen LogP contribution in [0, 0.1) is 0 Å². The van der Waals surface area contributed by atoms with Gasteiger partial charge in [0.15, 0.2) is 9.84 Å². The summed E-state index contributed by atoms with van der Waals surface area (Å²) in [4.78, 5) is 15.6. The summed E-state index contributed by atoms with van der Waals surface area (Å²) >= 11 is 11.7. The Labute approximate surface area is 211 Å². The molecule has 0 saturated heterocycles. The average molecular weight is 579 g/mol. The standard InChI is InChI=1S/C21H18Cl2F6N2O4S/c1-12(9-19(35-30,21(27,28)29)14-6-15(22)8-16(23)7-14)13-2-4-17(5-3-13)36(33,34)10-18(32)31-11-20(24,25)26/h2-8H,1,9-11,30H2,(H,31,32). The molecule has 0 fully saturated rings. The second kappa shape index (κ2) is 11.0. The number of nitrogens with two attached hydrogens (primary N) is 1. The SMILES string of the molecule is C=C(CC(ON)(c1cc(Cl)cc(Cl)c1)C(F)(F)F)c1ccc(S(=O)(=O)CC(=O)NCC(F)(F)F)cc1. The predicted octanol–water partition coefficient (Wildman–Crippen LogP) is 5.20. The van der Waals surface area contributed by atoms with Crippen LogP contribution in [0.3, 0.4) is 0 Å². The van der Waals surface area contributed by atoms with Crippen LogP contribution < -0.4 is 11.2 Å². The van der Waals surface area contributed by atoms with Crippen LogP contribution in [0.2, 0.25) is 10.0 Å². The summed E-state index contributed by atoms with van der Waals surface area (Å²) < 4.78 is 104. The van der Waals surface area contributed by atoms with Crippen molar-refractivity contribution in [2.45, 2.75) is 29.3 Å². The van der Waals surface area contributed by atoms with Crippen molar-refractivity contribution in [1.82, 2.24) is 5.32 Å². The fourth-order valence-corrected chi connectivity index (χ4v) is 4.83. The van der Waals surface area contributed by atoms with E-state index >= 15 is 0 Å². The highest BCUT2D eigenvalue weighted by molar-refractivity contribution is 7.92. The van der Waals surface area contributed by atoms with Gasteiger partial charge in [0.1, 0.15) is 12.3 Å². The van der Waals surface area contributed by atoms with Crippen LogP contribution in [0.25, 0.3) is 5.57 Å². The minimum atomic E-state index is -5.06. The topological polar surface area (TPSA) is 98.5 Å². The fraction of sp³-hybridized carbons (Fsp3) is 0.286. The lowest BCUT2D eigenvalue weighted by Crippen LogP contribution is -2.47. The maximum absolute atomic E-state index is 14.2. The van der Waals surface area contributed by atoms with E-state index in [0.717, 1.165) is 36.4 Å². The Kier molecular flexibility index (Phi) is 9.11. The van der Waals surface area contributed by atoms with E-state index in [0.29, 0.717) is 0 Å². The largest absolute Gasteiger partial charge is 0.424 e. The van der Waals surface area contributed by atoms with Gasteiger partial charge in [0.2, 0.25) is 11.5 Å². The highest BCUT2D eigenvalue weighted by atomic mass is 35.5. The molecule has 0 aliphatic rings. The molecule has 198 valence electrons. The van der Waals surface area contributed by atoms with Gasteiger partial charge in [-0.15, -0.1) is 0 Å². The minimum absolute atomic E-state index is 0.0641. The number of rotatable bonds is 9. The number of carbonyl (C=O) groups is 1. The van der Waals surface area contributed by atoms with Gasteiger partial charge < -0.3 is 5.32 Å². The normalized spacial score (nSPS) is 14.2. The van der Waals surface area contributed by atoms with Gasteiger partial charge in [-0.25, -0.2) is 14.3 Å². The Morgan fingerprint density at radius 3 is 1.97 bits per heavy atom. The molecule has 0 radical (unpaired) electrons. The molecule has 1 amide bonds. The van der Waals surface area contributed by atoms with Crippen LogP contribution in [0.5, 0.6) is 0 Å². The second-order valence-corrected chi connectivity index (χ2v) is 10.4. The van der Waals surface area contributed by atoms with Crippen LogP contribution in [-0.2, 0) is 25.1 Å². The molecule has 1 unspecified atom stereocenters. The molecule has 0 spiro atoms. The van der Waals surface area contributed by atoms with Gasteiger partial charge in [0, 0.05) is 16.5 Å². The number of amides is 1. The van der Waals surface area contributed by atoms with Crippen molar-refractivity contribution in [1.29, 1.82) is 0 Å². The Morgan fingerprint density at radius 1 is 1.00 bits per heavy atom. The van der Waals surface area contributed by atoms with Crippen molar-refractivity contribution in [2.75, 3.05) is 12.3 Å². The van der Waals surface area contributed by atoms with E-state index in [2.05, 4.69) is 11.4 Å². The molecule has 0 heterocycles. The number of sulfone groups is 1. The van der Waals surface area contributed by atoms with Gasteiger partial charge in [-0.05, 0) is 47.0 Å². The van der Waals surface area contributed by atoms with E-state index in [-0.39, 0.29) is 21.2 Å². The molecule has 3 N–H and O–H groups in total. The third-order valence-electron chi connectivity index (χ3n) is 4.88. The molecule has 2 aromatic carbocycles. The van der Waals surface area contributed by atoms with Crippen LogP contribution in [0.15, 0.2) is 53.9 Å². The number of benzene rings is 2. The Morgan fingerprint density at radius 2 is 1.53 bits per heavy atom. The molecule has 0 bridgehead atoms. The summed E-state index contributed by atoms with van der Waals surface area (Å²) in [6, 6.07) is 7.34. The molecule has 2 aromatic rings. The number of hydrogen-bond donors (Lipinski definition) is 2. The lowest BCUT2D eigenvalue weighted by molar-refractivity contribution is -0.285. The summed E-state index contributed by atoms with van der Waals surface area (Å²) in [6.07, 6.45) is -10.7. The monoisotopic (exact) mass is 578 g/mol. The summed E-state index contributed by atoms with van der Waals surface area (Å²) in [7, 11) is -4.35. The third kappa shape index (κ3) is 7.35. The van der Waals surface area contributed by atoms with Crippen LogP contribution >= 0.6 is 23.2 Å². The van der Waals surface area contributed by atoms with Crippen molar-refractivity contribution in [3.63, 3.8) is 0 Å². The van der Waals surface area contributed by atoms with E-state index in [4.69, 9.17) is 29.1 Å². The summed E-state index contributed by atoms with van der Waals surface area (Å²) in [5.41, 5.74) is -3.71. The lowest BCUT2D eigenvalue weighted by Gasteiger charge is -2.35. The van der Waals surface area contributed by atoms with Crippen molar-refractivity contribution >= 4 is 44.5 Å². The first-order chi connectivity index (χ1) is 16.4. The number of alkyl halides is 6. The van der Waals surface area contributed by atoms with Crippen molar-refractivity contribution < 1.29 is 44.4 Å². The molecule has 2 rings (SSSR count). The summed E-state index contributed by atoms with van der Waals surface area (Å²) in [6.45, 7) is 1.90. The molecule has 36 heavy (non-hydrogen) atoms. The molecule has 0 saturated carbocycles. The van der Waals surface area contributed by atoms with E-state index in [9.17, 15) is 39.6 Å². The first-order valence-electron chi connectivity index (χ1n) is 9.66. The van der Waals surface area contributed by atoms with Gasteiger partial charge in [0.05, 0.1) is 4.90 Å². The zero-order valence-electron chi connectivity index (χ0n) is 18.0. The van der Waals surface area contributed by atoms with Gasteiger partial charge in [-0.3, -0.25) is 9.63 Å². The molecule has 1 atom stereocenters. The van der Waals surface area contributed by atoms with Gasteiger partial charge in [0.25, 0.3) is 0 Å². The molecule has 0 aliphatic carbocycles. The van der Waals surface area contributed by atoms with Crippen molar-refractivity contribution in [3.8, 4) is 0 Å². The van der Waals surface area contributed by atoms with Gasteiger partial charge >= 0.3 is 12.4 Å².